The highest BCUT2D eigenvalue weighted by Gasteiger charge is 2.59. The minimum atomic E-state index is -0.972. The van der Waals surface area contributed by atoms with Gasteiger partial charge in [-0.2, -0.15) is 0 Å². The van der Waals surface area contributed by atoms with Crippen molar-refractivity contribution in [3.8, 4) is 11.1 Å². The van der Waals surface area contributed by atoms with Crippen LogP contribution in [0.25, 0.3) is 11.1 Å². The van der Waals surface area contributed by atoms with E-state index in [-0.39, 0.29) is 12.2 Å². The smallest absolute Gasteiger partial charge is 0.214 e. The fourth-order valence-electron chi connectivity index (χ4n) is 3.98. The molecule has 1 spiro atoms. The fourth-order valence-corrected chi connectivity index (χ4v) is 3.98. The largest absolute Gasteiger partial charge is 0.299 e. The Balaban J connectivity index is 2.05. The lowest BCUT2D eigenvalue weighted by Gasteiger charge is -2.24. The summed E-state index contributed by atoms with van der Waals surface area (Å²) in [5.41, 5.74) is 2.73. The quantitative estimate of drug-likeness (QED) is 0.599. The summed E-state index contributed by atoms with van der Waals surface area (Å²) in [6.07, 6.45) is 0.258. The van der Waals surface area contributed by atoms with Crippen molar-refractivity contribution in [2.45, 2.75) is 18.8 Å². The SMILES string of the molecule is CC(=O)[C@H]1CC2(C(=O)C1=O)c1ccccc1-c1ccccc12. The Bertz CT molecular complexity index is 802. The van der Waals surface area contributed by atoms with Crippen molar-refractivity contribution in [2.24, 2.45) is 5.92 Å². The molecule has 3 nitrogen and oxygen atoms in total. The van der Waals surface area contributed by atoms with Gasteiger partial charge in [-0.05, 0) is 35.6 Å². The van der Waals surface area contributed by atoms with E-state index in [9.17, 15) is 14.4 Å². The van der Waals surface area contributed by atoms with E-state index < -0.39 is 22.9 Å². The average molecular weight is 290 g/mol. The second kappa shape index (κ2) is 4.23. The van der Waals surface area contributed by atoms with Crippen LogP contribution in [0.5, 0.6) is 0 Å². The Morgan fingerprint density at radius 1 is 0.955 bits per heavy atom. The van der Waals surface area contributed by atoms with Gasteiger partial charge in [-0.1, -0.05) is 48.5 Å². The van der Waals surface area contributed by atoms with Gasteiger partial charge in [0, 0.05) is 0 Å². The van der Waals surface area contributed by atoms with Gasteiger partial charge in [0.2, 0.25) is 11.6 Å². The predicted molar refractivity (Wildman–Crippen MR) is 81.5 cm³/mol. The summed E-state index contributed by atoms with van der Waals surface area (Å²) in [4.78, 5) is 37.0. The molecule has 4 rings (SSSR count). The van der Waals surface area contributed by atoms with Crippen LogP contribution < -0.4 is 0 Å². The maximum Gasteiger partial charge on any atom is 0.214 e. The lowest BCUT2D eigenvalue weighted by molar-refractivity contribution is -0.139. The third-order valence-electron chi connectivity index (χ3n) is 4.99. The predicted octanol–water partition coefficient (Wildman–Crippen LogP) is 2.70. The molecule has 1 saturated carbocycles. The monoisotopic (exact) mass is 290 g/mol. The Morgan fingerprint density at radius 3 is 1.91 bits per heavy atom. The Labute approximate surface area is 128 Å². The highest BCUT2D eigenvalue weighted by Crippen LogP contribution is 2.55. The Hall–Kier alpha value is -2.55. The van der Waals surface area contributed by atoms with E-state index in [0.717, 1.165) is 22.3 Å². The van der Waals surface area contributed by atoms with Crippen LogP contribution in [0, 0.1) is 5.92 Å². The third-order valence-corrected chi connectivity index (χ3v) is 4.99. The number of hydrogen-bond donors (Lipinski definition) is 0. The second-order valence-corrected chi connectivity index (χ2v) is 6.06. The van der Waals surface area contributed by atoms with Gasteiger partial charge in [0.1, 0.15) is 5.78 Å². The number of rotatable bonds is 1. The summed E-state index contributed by atoms with van der Waals surface area (Å²) < 4.78 is 0. The number of hydrogen-bond acceptors (Lipinski definition) is 3. The summed E-state index contributed by atoms with van der Waals surface area (Å²) in [5.74, 6) is -2.02. The Morgan fingerprint density at radius 2 is 1.45 bits per heavy atom. The van der Waals surface area contributed by atoms with Crippen molar-refractivity contribution >= 4 is 17.3 Å². The van der Waals surface area contributed by atoms with Gasteiger partial charge in [0.05, 0.1) is 11.3 Å². The van der Waals surface area contributed by atoms with Crippen molar-refractivity contribution < 1.29 is 14.4 Å². The second-order valence-electron chi connectivity index (χ2n) is 6.06. The first-order chi connectivity index (χ1) is 10.6. The number of carbonyl (C=O) groups is 3. The maximum atomic E-state index is 12.9. The molecule has 0 amide bonds. The Kier molecular flexibility index (Phi) is 2.52. The molecular weight excluding hydrogens is 276 g/mol. The van der Waals surface area contributed by atoms with Crippen molar-refractivity contribution in [2.75, 3.05) is 0 Å². The van der Waals surface area contributed by atoms with Crippen molar-refractivity contribution in [3.63, 3.8) is 0 Å². The normalized spacial score (nSPS) is 21.0. The van der Waals surface area contributed by atoms with Crippen molar-refractivity contribution in [1.82, 2.24) is 0 Å². The molecule has 0 aliphatic heterocycles. The highest BCUT2D eigenvalue weighted by molar-refractivity contribution is 6.48. The van der Waals surface area contributed by atoms with Gasteiger partial charge in [-0.3, -0.25) is 14.4 Å². The van der Waals surface area contributed by atoms with Crippen LogP contribution in [-0.4, -0.2) is 17.3 Å². The van der Waals surface area contributed by atoms with E-state index in [1.54, 1.807) is 0 Å². The molecule has 22 heavy (non-hydrogen) atoms. The van der Waals surface area contributed by atoms with E-state index in [0.29, 0.717) is 0 Å². The zero-order valence-electron chi connectivity index (χ0n) is 12.1. The van der Waals surface area contributed by atoms with Gasteiger partial charge in [-0.15, -0.1) is 0 Å². The number of carbonyl (C=O) groups excluding carboxylic acids is 3. The first-order valence-corrected chi connectivity index (χ1v) is 7.36. The molecule has 1 fully saturated rings. The zero-order valence-corrected chi connectivity index (χ0v) is 12.1. The van der Waals surface area contributed by atoms with Crippen LogP contribution >= 0.6 is 0 Å². The molecule has 1 atom stereocenters. The van der Waals surface area contributed by atoms with Crippen LogP contribution in [-0.2, 0) is 19.8 Å². The molecule has 0 N–H and O–H groups in total. The molecular formula is C19H14O3. The molecule has 0 aromatic heterocycles. The molecule has 2 aliphatic carbocycles. The summed E-state index contributed by atoms with van der Waals surface area (Å²) in [6, 6.07) is 15.4. The summed E-state index contributed by atoms with van der Waals surface area (Å²) in [5, 5.41) is 0. The highest BCUT2D eigenvalue weighted by atomic mass is 16.2. The van der Waals surface area contributed by atoms with E-state index in [1.807, 2.05) is 48.5 Å². The van der Waals surface area contributed by atoms with Crippen LogP contribution in [0.1, 0.15) is 24.5 Å². The van der Waals surface area contributed by atoms with Gasteiger partial charge >= 0.3 is 0 Å². The number of benzene rings is 2. The maximum absolute atomic E-state index is 12.9. The molecule has 0 unspecified atom stereocenters. The van der Waals surface area contributed by atoms with E-state index in [4.69, 9.17) is 0 Å². The topological polar surface area (TPSA) is 51.2 Å². The van der Waals surface area contributed by atoms with Crippen LogP contribution in [0.15, 0.2) is 48.5 Å². The molecule has 2 aromatic rings. The number of ketones is 3. The first-order valence-electron chi connectivity index (χ1n) is 7.36. The van der Waals surface area contributed by atoms with E-state index in [1.165, 1.54) is 6.92 Å². The van der Waals surface area contributed by atoms with Crippen LogP contribution in [0.3, 0.4) is 0 Å². The first kappa shape index (κ1) is 13.1. The van der Waals surface area contributed by atoms with Crippen LogP contribution in [0.2, 0.25) is 0 Å². The fraction of sp³-hybridized carbons (Fsp3) is 0.211. The van der Waals surface area contributed by atoms with Gasteiger partial charge in [0.15, 0.2) is 0 Å². The van der Waals surface area contributed by atoms with Crippen LogP contribution in [0.4, 0.5) is 0 Å². The standard InChI is InChI=1S/C19H14O3/c1-11(20)14-10-19(18(22)17(14)21)15-8-4-2-6-12(15)13-7-3-5-9-16(13)19/h2-9,14H,10H2,1H3/t14-/m1/s1. The van der Waals surface area contributed by atoms with Gasteiger partial charge < -0.3 is 0 Å². The molecule has 2 aromatic carbocycles. The molecule has 0 bridgehead atoms. The number of Topliss-reactive ketones (excluding diaryl/α,β-unsaturated/α-hetero) is 3. The molecule has 3 heteroatoms. The van der Waals surface area contributed by atoms with Crippen molar-refractivity contribution in [3.05, 3.63) is 59.7 Å². The minimum Gasteiger partial charge on any atom is -0.299 e. The summed E-state index contributed by atoms with van der Waals surface area (Å²) >= 11 is 0. The molecule has 0 saturated heterocycles. The summed E-state index contributed by atoms with van der Waals surface area (Å²) in [7, 11) is 0. The summed E-state index contributed by atoms with van der Waals surface area (Å²) in [6.45, 7) is 1.39. The zero-order chi connectivity index (χ0) is 15.5. The van der Waals surface area contributed by atoms with Crippen molar-refractivity contribution in [1.29, 1.82) is 0 Å². The molecule has 2 aliphatic rings. The average Bonchev–Trinajstić information content (AvgIpc) is 2.97. The van der Waals surface area contributed by atoms with E-state index >= 15 is 0 Å². The lowest BCUT2D eigenvalue weighted by atomic mass is 9.75. The van der Waals surface area contributed by atoms with Gasteiger partial charge in [-0.25, -0.2) is 0 Å². The third kappa shape index (κ3) is 1.38. The van der Waals surface area contributed by atoms with Gasteiger partial charge in [0.25, 0.3) is 0 Å². The van der Waals surface area contributed by atoms with E-state index in [2.05, 4.69) is 0 Å². The molecule has 0 radical (unpaired) electrons. The number of fused-ring (bicyclic) bond motifs is 5. The minimum absolute atomic E-state index is 0.225. The molecule has 108 valence electrons. The molecule has 0 heterocycles. The lowest BCUT2D eigenvalue weighted by Crippen LogP contribution is -2.32.